The molecule has 8 aromatic carbocycles. The minimum absolute atomic E-state index is 0.197. The summed E-state index contributed by atoms with van der Waals surface area (Å²) in [6, 6.07) is 60.2. The molecule has 0 amide bonds. The Morgan fingerprint density at radius 3 is 0.400 bits per heavy atom. The van der Waals surface area contributed by atoms with Crippen LogP contribution in [0.4, 0.5) is 0 Å². The van der Waals surface area contributed by atoms with Crippen LogP contribution in [-0.4, -0.2) is 65.6 Å². The number of hydrogen-bond acceptors (Lipinski definition) is 12. The first-order valence-electron chi connectivity index (χ1n) is 49.8. The fourth-order valence-electron chi connectivity index (χ4n) is 18.6. The third-order valence-corrected chi connectivity index (χ3v) is 39.2. The standard InChI is InChI=1S/C109H168O12P4/c1-9-17-25-33-41-65-93-73-49-57-81-101(93)122(110,111,102-82-58-50-74-94(102)66-42-34-26-18-10-2)118-89-109(90-119-123(112,113,103-83-59-51-75-95(103)67-43-35-27-19-11-3)104-84-60-52-76-96(104)68-44-36-28-20-12-4,91-120-124(114,115,105-85-61-53-77-97(105)69-45-37-29-21-13-5)106-86-62-54-78-98(106)70-46-38-30-22-14-6)92-121-125(116,117,107-87-63-55-79-99(107)71-47-39-31-23-15-7)108-88-64-56-80-100(108)72-48-40-32-24-16-8/h49-64,73-88,110-117H,9-48,65-72,89-92H2,1-8H3. The Hall–Kier alpha value is -5.00. The normalized spacial score (nSPS) is 14.1. The third-order valence-electron chi connectivity index (χ3n) is 26.3. The fourth-order valence-corrected chi connectivity index (χ4v) is 31.3. The molecule has 0 atom stereocenters. The number of aryl methyl sites for hydroxylation is 8. The van der Waals surface area contributed by atoms with E-state index in [1.807, 2.05) is 146 Å². The van der Waals surface area contributed by atoms with Gasteiger partial charge in [0.15, 0.2) is 0 Å². The summed E-state index contributed by atoms with van der Waals surface area (Å²) >= 11 is 0. The Morgan fingerprint density at radius 1 is 0.168 bits per heavy atom. The van der Waals surface area contributed by atoms with Crippen molar-refractivity contribution >= 4 is 71.6 Å². The molecule has 8 N–H and O–H groups in total. The van der Waals surface area contributed by atoms with Crippen LogP contribution in [0.3, 0.4) is 0 Å². The number of unbranched alkanes of at least 4 members (excludes halogenated alkanes) is 32. The molecule has 0 heterocycles. The van der Waals surface area contributed by atoms with Crippen molar-refractivity contribution in [1.82, 2.24) is 0 Å². The van der Waals surface area contributed by atoms with Crippen molar-refractivity contribution in [3.8, 4) is 0 Å². The van der Waals surface area contributed by atoms with Gasteiger partial charge in [0.1, 0.15) is 0 Å². The molecule has 0 aliphatic heterocycles. The molecule has 16 heteroatoms. The van der Waals surface area contributed by atoms with Crippen molar-refractivity contribution in [2.24, 2.45) is 5.41 Å². The van der Waals surface area contributed by atoms with Crippen LogP contribution in [0.1, 0.15) is 357 Å². The van der Waals surface area contributed by atoms with Crippen LogP contribution in [0.15, 0.2) is 194 Å². The van der Waals surface area contributed by atoms with Crippen LogP contribution >= 0.6 is 29.1 Å². The van der Waals surface area contributed by atoms with Crippen molar-refractivity contribution in [1.29, 1.82) is 0 Å². The molecule has 0 unspecified atom stereocenters. The van der Waals surface area contributed by atoms with E-state index in [2.05, 4.69) is 55.4 Å². The minimum atomic E-state index is -6.28. The topological polar surface area (TPSA) is 199 Å². The van der Waals surface area contributed by atoms with Crippen LogP contribution in [0.25, 0.3) is 0 Å². The Morgan fingerprint density at radius 2 is 0.280 bits per heavy atom. The summed E-state index contributed by atoms with van der Waals surface area (Å²) < 4.78 is 31.5. The fraction of sp³-hybridized carbons (Fsp3) is 0.560. The molecule has 0 fully saturated rings. The second-order valence-electron chi connectivity index (χ2n) is 36.7. The number of rotatable bonds is 68. The van der Waals surface area contributed by atoms with Crippen molar-refractivity contribution in [2.45, 2.75) is 364 Å². The molecule has 0 bridgehead atoms. The van der Waals surface area contributed by atoms with Crippen LogP contribution in [0.2, 0.25) is 0 Å². The van der Waals surface area contributed by atoms with E-state index in [9.17, 15) is 0 Å². The van der Waals surface area contributed by atoms with Crippen molar-refractivity contribution in [3.05, 3.63) is 239 Å². The van der Waals surface area contributed by atoms with Gasteiger partial charge in [-0.3, -0.25) is 0 Å². The van der Waals surface area contributed by atoms with Crippen LogP contribution in [0, 0.1) is 5.41 Å². The van der Waals surface area contributed by atoms with E-state index >= 15 is 39.1 Å². The van der Waals surface area contributed by atoms with Crippen LogP contribution in [-0.2, 0) is 69.5 Å². The molecule has 0 radical (unpaired) electrons. The molecule has 12 nitrogen and oxygen atoms in total. The van der Waals surface area contributed by atoms with Gasteiger partial charge in [0, 0.05) is 0 Å². The zero-order valence-corrected chi connectivity index (χ0v) is 82.3. The van der Waals surface area contributed by atoms with Gasteiger partial charge in [-0.1, -0.05) is 0 Å². The van der Waals surface area contributed by atoms with Crippen molar-refractivity contribution in [3.63, 3.8) is 0 Å². The number of benzene rings is 8. The van der Waals surface area contributed by atoms with Gasteiger partial charge in [-0.15, -0.1) is 0 Å². The van der Waals surface area contributed by atoms with Crippen LogP contribution < -0.4 is 42.4 Å². The monoisotopic (exact) mass is 1790 g/mol. The Kier molecular flexibility index (Phi) is 44.6. The SMILES string of the molecule is CCCCCCCc1ccccc1P(O)(O)(OCC(COP(O)(O)(c1ccccc1CCCCCCC)c1ccccc1CCCCCCC)(COP(O)(O)(c1ccccc1CCCCCCC)c1ccccc1CCCCCCC)COP(O)(O)(c1ccccc1CCCCCCC)c1ccccc1CCCCCCC)c1ccccc1CCCCCCC. The Balaban J connectivity index is 1.57. The average molecular weight is 1790 g/mol. The first-order chi connectivity index (χ1) is 60.4. The van der Waals surface area contributed by atoms with Gasteiger partial charge < -0.3 is 0 Å². The molecule has 0 saturated carbocycles. The van der Waals surface area contributed by atoms with E-state index in [1.54, 1.807) is 48.5 Å². The predicted octanol–water partition coefficient (Wildman–Crippen LogP) is 25.9. The zero-order valence-electron chi connectivity index (χ0n) is 78.7. The molecule has 0 aliphatic carbocycles. The molecule has 125 heavy (non-hydrogen) atoms. The van der Waals surface area contributed by atoms with Crippen molar-refractivity contribution < 1.29 is 57.2 Å². The van der Waals surface area contributed by atoms with Gasteiger partial charge in [-0.2, -0.15) is 0 Å². The first kappa shape index (κ1) is 105. The van der Waals surface area contributed by atoms with E-state index in [0.29, 0.717) is 95.9 Å². The summed E-state index contributed by atoms with van der Waals surface area (Å²) in [5, 5.41) is 1.58. The molecular weight excluding hydrogens is 1630 g/mol. The molecule has 696 valence electrons. The van der Waals surface area contributed by atoms with Gasteiger partial charge in [-0.05, 0) is 0 Å². The van der Waals surface area contributed by atoms with Gasteiger partial charge in [0.2, 0.25) is 0 Å². The summed E-state index contributed by atoms with van der Waals surface area (Å²) in [4.78, 5) is 123. The second kappa shape index (κ2) is 52.9. The van der Waals surface area contributed by atoms with E-state index in [4.69, 9.17) is 18.1 Å². The maximum absolute atomic E-state index is 15.3. The number of hydrogen-bond donors (Lipinski definition) is 8. The Labute approximate surface area is 758 Å². The predicted molar refractivity (Wildman–Crippen MR) is 540 cm³/mol. The summed E-state index contributed by atoms with van der Waals surface area (Å²) in [7, 11) is -25.1. The van der Waals surface area contributed by atoms with E-state index in [0.717, 1.165) is 257 Å². The first-order valence-corrected chi connectivity index (χ1v) is 58.0. The molecule has 0 aromatic heterocycles. The van der Waals surface area contributed by atoms with E-state index in [-0.39, 0.29) is 42.4 Å². The summed E-state index contributed by atoms with van der Waals surface area (Å²) in [6.07, 6.45) is 42.2. The summed E-state index contributed by atoms with van der Waals surface area (Å²) in [5.74, 6) is 0. The van der Waals surface area contributed by atoms with E-state index in [1.165, 1.54) is 0 Å². The molecule has 0 aliphatic rings. The van der Waals surface area contributed by atoms with Crippen LogP contribution in [0.5, 0.6) is 0 Å². The quantitative estimate of drug-likeness (QED) is 0.0133. The molecular formula is C109H168O12P4. The molecule has 8 aromatic rings. The van der Waals surface area contributed by atoms with Gasteiger partial charge >= 0.3 is 763 Å². The van der Waals surface area contributed by atoms with E-state index < -0.39 is 61.0 Å². The van der Waals surface area contributed by atoms with Crippen molar-refractivity contribution in [2.75, 3.05) is 26.4 Å². The maximum atomic E-state index is 15.3. The Bertz CT molecular complexity index is 3600. The summed E-state index contributed by atoms with van der Waals surface area (Å²) in [5.41, 5.74) is 3.23. The molecule has 0 spiro atoms. The van der Waals surface area contributed by atoms with Gasteiger partial charge in [-0.25, -0.2) is 0 Å². The third kappa shape index (κ3) is 29.5. The average Bonchev–Trinajstić information content (AvgIpc) is 0.720. The zero-order chi connectivity index (χ0) is 89.8. The van der Waals surface area contributed by atoms with Gasteiger partial charge in [0.05, 0.1) is 0 Å². The second-order valence-corrected chi connectivity index (χ2v) is 49.2. The molecule has 0 saturated heterocycles. The molecule has 8 rings (SSSR count). The van der Waals surface area contributed by atoms with Gasteiger partial charge in [0.25, 0.3) is 0 Å². The summed E-state index contributed by atoms with van der Waals surface area (Å²) in [6.45, 7) is 14.2.